The summed E-state index contributed by atoms with van der Waals surface area (Å²) < 4.78 is 13.4. The molecule has 0 bridgehead atoms. The van der Waals surface area contributed by atoms with E-state index < -0.39 is 0 Å². The summed E-state index contributed by atoms with van der Waals surface area (Å²) >= 11 is 0. The second kappa shape index (κ2) is 6.57. The number of pyridine rings is 1. The van der Waals surface area contributed by atoms with E-state index in [0.717, 1.165) is 24.3 Å². The molecule has 27 heavy (non-hydrogen) atoms. The van der Waals surface area contributed by atoms with Crippen LogP contribution in [0.15, 0.2) is 53.3 Å². The number of aromatic nitrogens is 3. The average molecular weight is 364 g/mol. The van der Waals surface area contributed by atoms with Crippen molar-refractivity contribution in [3.63, 3.8) is 0 Å². The highest BCUT2D eigenvalue weighted by atomic mass is 16.5. The van der Waals surface area contributed by atoms with Crippen molar-refractivity contribution in [2.24, 2.45) is 0 Å². The molecule has 1 atom stereocenters. The molecule has 1 amide bonds. The number of ether oxygens (including phenoxy) is 1. The third-order valence-electron chi connectivity index (χ3n) is 5.12. The molecule has 0 unspecified atom stereocenters. The summed E-state index contributed by atoms with van der Waals surface area (Å²) in [6, 6.07) is 11.4. The summed E-state index contributed by atoms with van der Waals surface area (Å²) in [5.74, 6) is 1.76. The van der Waals surface area contributed by atoms with Crippen LogP contribution >= 0.6 is 0 Å². The minimum Gasteiger partial charge on any atom is -0.475 e. The van der Waals surface area contributed by atoms with Crippen LogP contribution in [0.25, 0.3) is 0 Å². The molecular formula is C20H20N4O3. The lowest BCUT2D eigenvalue weighted by atomic mass is 10.1. The van der Waals surface area contributed by atoms with Gasteiger partial charge in [0.1, 0.15) is 12.4 Å². The second-order valence-electron chi connectivity index (χ2n) is 7.11. The molecule has 0 spiro atoms. The Morgan fingerprint density at radius 3 is 3.00 bits per heavy atom. The fourth-order valence-corrected chi connectivity index (χ4v) is 3.54. The first-order valence-corrected chi connectivity index (χ1v) is 9.23. The highest BCUT2D eigenvalue weighted by Crippen LogP contribution is 2.40. The molecule has 1 saturated carbocycles. The van der Waals surface area contributed by atoms with E-state index in [1.54, 1.807) is 12.3 Å². The Morgan fingerprint density at radius 1 is 1.26 bits per heavy atom. The fourth-order valence-electron chi connectivity index (χ4n) is 3.54. The number of rotatable bonds is 5. The van der Waals surface area contributed by atoms with E-state index in [2.05, 4.69) is 14.7 Å². The van der Waals surface area contributed by atoms with Gasteiger partial charge in [-0.1, -0.05) is 11.2 Å². The van der Waals surface area contributed by atoms with Crippen molar-refractivity contribution in [2.75, 3.05) is 13.2 Å². The maximum atomic E-state index is 12.9. The van der Waals surface area contributed by atoms with E-state index in [-0.39, 0.29) is 11.9 Å². The van der Waals surface area contributed by atoms with Crippen LogP contribution in [-0.2, 0) is 6.54 Å². The molecular weight excluding hydrogens is 344 g/mol. The molecule has 7 nitrogen and oxygen atoms in total. The first-order chi connectivity index (χ1) is 13.3. The van der Waals surface area contributed by atoms with Gasteiger partial charge in [0.15, 0.2) is 5.69 Å². The lowest BCUT2D eigenvalue weighted by Crippen LogP contribution is -2.42. The molecule has 0 radical (unpaired) electrons. The number of hydrogen-bond donors (Lipinski definition) is 0. The maximum Gasteiger partial charge on any atom is 0.276 e. The molecule has 0 N–H and O–H groups in total. The van der Waals surface area contributed by atoms with Gasteiger partial charge in [-0.05, 0) is 31.0 Å². The fraction of sp³-hybridized carbons (Fsp3) is 0.350. The maximum absolute atomic E-state index is 12.9. The normalized spacial score (nSPS) is 19.0. The smallest absolute Gasteiger partial charge is 0.276 e. The van der Waals surface area contributed by atoms with Crippen LogP contribution in [0.3, 0.4) is 0 Å². The van der Waals surface area contributed by atoms with Gasteiger partial charge in [-0.2, -0.15) is 0 Å². The zero-order chi connectivity index (χ0) is 18.2. The Bertz CT molecular complexity index is 945. The number of fused-ring (bicyclic) bond motifs is 1. The number of amides is 1. The Labute approximate surface area is 156 Å². The van der Waals surface area contributed by atoms with Crippen molar-refractivity contribution >= 4 is 5.91 Å². The summed E-state index contributed by atoms with van der Waals surface area (Å²) in [5.41, 5.74) is 1.47. The highest BCUT2D eigenvalue weighted by molar-refractivity contribution is 5.92. The minimum atomic E-state index is -0.0964. The molecule has 4 heterocycles. The largest absolute Gasteiger partial charge is 0.475 e. The molecule has 1 aliphatic carbocycles. The van der Waals surface area contributed by atoms with Gasteiger partial charge in [0.05, 0.1) is 12.6 Å². The average Bonchev–Trinajstić information content (AvgIpc) is 3.24. The zero-order valence-electron chi connectivity index (χ0n) is 14.8. The molecule has 0 saturated heterocycles. The first kappa shape index (κ1) is 16.1. The van der Waals surface area contributed by atoms with Gasteiger partial charge in [-0.15, -0.1) is 0 Å². The summed E-state index contributed by atoms with van der Waals surface area (Å²) in [4.78, 5) is 19.0. The van der Waals surface area contributed by atoms with Crippen molar-refractivity contribution in [1.29, 1.82) is 0 Å². The summed E-state index contributed by atoms with van der Waals surface area (Å²) in [6.45, 7) is 1.55. The standard InChI is InChI=1S/C20H20N4O3/c25-20(17-10-18(27-22-17)14-6-7-14)23-11-15-4-3-9-24(15)16(12-23)13-26-19-5-1-2-8-21-19/h1-5,8-10,14,16H,6-7,11-13H2/t16-/m0/s1. The predicted molar refractivity (Wildman–Crippen MR) is 96.4 cm³/mol. The topological polar surface area (TPSA) is 73.4 Å². The summed E-state index contributed by atoms with van der Waals surface area (Å²) in [5, 5.41) is 4.00. The van der Waals surface area contributed by atoms with Crippen LogP contribution in [-0.4, -0.2) is 38.7 Å². The van der Waals surface area contributed by atoms with E-state index >= 15 is 0 Å². The van der Waals surface area contributed by atoms with Crippen LogP contribution in [0, 0.1) is 0 Å². The van der Waals surface area contributed by atoms with E-state index in [1.807, 2.05) is 41.4 Å². The number of carbonyl (C=O) groups is 1. The van der Waals surface area contributed by atoms with Crippen molar-refractivity contribution in [3.8, 4) is 5.88 Å². The quantitative estimate of drug-likeness (QED) is 0.696. The molecule has 1 fully saturated rings. The van der Waals surface area contributed by atoms with Crippen LogP contribution in [0.4, 0.5) is 0 Å². The van der Waals surface area contributed by atoms with Crippen LogP contribution in [0.2, 0.25) is 0 Å². The predicted octanol–water partition coefficient (Wildman–Crippen LogP) is 3.02. The van der Waals surface area contributed by atoms with Gasteiger partial charge in [0.2, 0.25) is 5.88 Å². The van der Waals surface area contributed by atoms with Gasteiger partial charge in [-0.3, -0.25) is 4.79 Å². The lowest BCUT2D eigenvalue weighted by Gasteiger charge is -2.34. The minimum absolute atomic E-state index is 0.0181. The number of carbonyl (C=O) groups excluding carboxylic acids is 1. The number of hydrogen-bond acceptors (Lipinski definition) is 5. The second-order valence-corrected chi connectivity index (χ2v) is 7.11. The number of nitrogens with zero attached hydrogens (tertiary/aromatic N) is 4. The van der Waals surface area contributed by atoms with Gasteiger partial charge in [-0.25, -0.2) is 4.98 Å². The van der Waals surface area contributed by atoms with Gasteiger partial charge < -0.3 is 18.7 Å². The molecule has 138 valence electrons. The molecule has 0 aromatic carbocycles. The van der Waals surface area contributed by atoms with Crippen molar-refractivity contribution in [2.45, 2.75) is 31.3 Å². The van der Waals surface area contributed by atoms with Crippen molar-refractivity contribution in [3.05, 3.63) is 65.9 Å². The Morgan fingerprint density at radius 2 is 2.19 bits per heavy atom. The zero-order valence-corrected chi connectivity index (χ0v) is 14.8. The van der Waals surface area contributed by atoms with E-state index in [9.17, 15) is 4.79 Å². The molecule has 5 rings (SSSR count). The highest BCUT2D eigenvalue weighted by Gasteiger charge is 2.32. The van der Waals surface area contributed by atoms with Gasteiger partial charge in [0, 0.05) is 42.7 Å². The Kier molecular flexibility index (Phi) is 3.92. The lowest BCUT2D eigenvalue weighted by molar-refractivity contribution is 0.0635. The Hall–Kier alpha value is -3.09. The van der Waals surface area contributed by atoms with Gasteiger partial charge in [0.25, 0.3) is 5.91 Å². The van der Waals surface area contributed by atoms with Crippen LogP contribution in [0.1, 0.15) is 46.7 Å². The van der Waals surface area contributed by atoms with E-state index in [4.69, 9.17) is 9.26 Å². The molecule has 7 heteroatoms. The third kappa shape index (κ3) is 3.20. The molecule has 1 aliphatic heterocycles. The SMILES string of the molecule is O=C(c1cc(C2CC2)on1)N1Cc2cccn2[C@H](COc2ccccn2)C1. The van der Waals surface area contributed by atoms with Crippen molar-refractivity contribution < 1.29 is 14.1 Å². The first-order valence-electron chi connectivity index (χ1n) is 9.23. The third-order valence-corrected chi connectivity index (χ3v) is 5.12. The summed E-state index contributed by atoms with van der Waals surface area (Å²) in [7, 11) is 0. The molecule has 3 aromatic heterocycles. The summed E-state index contributed by atoms with van der Waals surface area (Å²) in [6.07, 6.45) is 5.97. The Balaban J connectivity index is 1.33. The monoisotopic (exact) mass is 364 g/mol. The van der Waals surface area contributed by atoms with E-state index in [0.29, 0.717) is 37.2 Å². The van der Waals surface area contributed by atoms with Crippen molar-refractivity contribution in [1.82, 2.24) is 19.6 Å². The van der Waals surface area contributed by atoms with Crippen LogP contribution < -0.4 is 4.74 Å². The molecule has 2 aliphatic rings. The van der Waals surface area contributed by atoms with Crippen LogP contribution in [0.5, 0.6) is 5.88 Å². The van der Waals surface area contributed by atoms with Gasteiger partial charge >= 0.3 is 0 Å². The van der Waals surface area contributed by atoms with E-state index in [1.165, 1.54) is 0 Å². The molecule has 3 aromatic rings.